The second-order valence-electron chi connectivity index (χ2n) is 4.80. The molecule has 100 valence electrons. The lowest BCUT2D eigenvalue weighted by atomic mass is 9.91. The predicted molar refractivity (Wildman–Crippen MR) is 65.3 cm³/mol. The molecule has 1 aliphatic rings. The fraction of sp³-hybridized carbons (Fsp3) is 0.538. The van der Waals surface area contributed by atoms with Crippen LogP contribution in [0.2, 0.25) is 0 Å². The van der Waals surface area contributed by atoms with Gasteiger partial charge in [-0.05, 0) is 37.8 Å². The number of anilines is 1. The van der Waals surface area contributed by atoms with E-state index in [9.17, 15) is 13.2 Å². The van der Waals surface area contributed by atoms with Crippen LogP contribution in [0.3, 0.4) is 0 Å². The first-order valence-corrected chi connectivity index (χ1v) is 6.15. The van der Waals surface area contributed by atoms with E-state index in [-0.39, 0.29) is 17.8 Å². The molecule has 1 fully saturated rings. The first kappa shape index (κ1) is 13.2. The normalized spacial score (nSPS) is 24.9. The Bertz CT molecular complexity index is 395. The van der Waals surface area contributed by atoms with Crippen LogP contribution >= 0.6 is 0 Å². The second-order valence-corrected chi connectivity index (χ2v) is 4.80. The number of para-hydroxylation sites is 1. The van der Waals surface area contributed by atoms with Crippen LogP contribution in [0.15, 0.2) is 24.3 Å². The Balaban J connectivity index is 2.10. The van der Waals surface area contributed by atoms with Gasteiger partial charge in [-0.2, -0.15) is 13.2 Å². The van der Waals surface area contributed by atoms with E-state index in [0.29, 0.717) is 0 Å². The van der Waals surface area contributed by atoms with Crippen LogP contribution < -0.4 is 11.1 Å². The van der Waals surface area contributed by atoms with Crippen molar-refractivity contribution in [1.82, 2.24) is 0 Å². The number of rotatable bonds is 2. The summed E-state index contributed by atoms with van der Waals surface area (Å²) in [6.07, 6.45) is -0.924. The minimum absolute atomic E-state index is 0.0910. The summed E-state index contributed by atoms with van der Waals surface area (Å²) >= 11 is 0. The molecule has 3 N–H and O–H groups in total. The lowest BCUT2D eigenvalue weighted by Gasteiger charge is -2.28. The molecule has 18 heavy (non-hydrogen) atoms. The van der Waals surface area contributed by atoms with E-state index in [1.54, 1.807) is 6.07 Å². The third kappa shape index (κ3) is 3.16. The SMILES string of the molecule is NC1CCC(Nc2ccccc2C(F)(F)F)CC1. The number of nitrogens with two attached hydrogens (primary N) is 1. The minimum Gasteiger partial charge on any atom is -0.382 e. The predicted octanol–water partition coefficient (Wildman–Crippen LogP) is 3.39. The third-order valence-corrected chi connectivity index (χ3v) is 3.36. The van der Waals surface area contributed by atoms with Gasteiger partial charge < -0.3 is 11.1 Å². The Kier molecular flexibility index (Phi) is 3.80. The highest BCUT2D eigenvalue weighted by atomic mass is 19.4. The molecule has 0 amide bonds. The molecule has 0 aromatic heterocycles. The van der Waals surface area contributed by atoms with Gasteiger partial charge in [0, 0.05) is 17.8 Å². The molecule has 1 saturated carbocycles. The number of hydrogen-bond donors (Lipinski definition) is 2. The summed E-state index contributed by atoms with van der Waals surface area (Å²) in [6, 6.07) is 5.90. The van der Waals surface area contributed by atoms with Crippen LogP contribution in [0.25, 0.3) is 0 Å². The number of alkyl halides is 3. The quantitative estimate of drug-likeness (QED) is 0.853. The second kappa shape index (κ2) is 5.18. The van der Waals surface area contributed by atoms with E-state index < -0.39 is 11.7 Å². The van der Waals surface area contributed by atoms with E-state index >= 15 is 0 Å². The van der Waals surface area contributed by atoms with Crippen LogP contribution in [-0.4, -0.2) is 12.1 Å². The van der Waals surface area contributed by atoms with Gasteiger partial charge >= 0.3 is 6.18 Å². The molecule has 1 aliphatic carbocycles. The summed E-state index contributed by atoms with van der Waals surface area (Å²) in [7, 11) is 0. The van der Waals surface area contributed by atoms with Gasteiger partial charge in [-0.1, -0.05) is 12.1 Å². The summed E-state index contributed by atoms with van der Waals surface area (Å²) < 4.78 is 38.4. The number of benzene rings is 1. The summed E-state index contributed by atoms with van der Waals surface area (Å²) in [6.45, 7) is 0. The van der Waals surface area contributed by atoms with Crippen molar-refractivity contribution in [3.8, 4) is 0 Å². The fourth-order valence-corrected chi connectivity index (χ4v) is 2.34. The monoisotopic (exact) mass is 258 g/mol. The van der Waals surface area contributed by atoms with Crippen molar-refractivity contribution < 1.29 is 13.2 Å². The van der Waals surface area contributed by atoms with Gasteiger partial charge in [-0.15, -0.1) is 0 Å². The molecule has 0 atom stereocenters. The maximum atomic E-state index is 12.8. The highest BCUT2D eigenvalue weighted by Crippen LogP contribution is 2.35. The number of hydrogen-bond acceptors (Lipinski definition) is 2. The standard InChI is InChI=1S/C13H17F3N2/c14-13(15,16)11-3-1-2-4-12(11)18-10-7-5-9(17)6-8-10/h1-4,9-10,18H,5-8,17H2. The highest BCUT2D eigenvalue weighted by molar-refractivity contribution is 5.53. The van der Waals surface area contributed by atoms with Crippen LogP contribution in [0, 0.1) is 0 Å². The van der Waals surface area contributed by atoms with E-state index in [0.717, 1.165) is 31.7 Å². The summed E-state index contributed by atoms with van der Waals surface area (Å²) in [5.74, 6) is 0. The van der Waals surface area contributed by atoms with Crippen LogP contribution in [0.4, 0.5) is 18.9 Å². The average molecular weight is 258 g/mol. The molecule has 0 unspecified atom stereocenters. The van der Waals surface area contributed by atoms with Gasteiger partial charge in [-0.25, -0.2) is 0 Å². The Morgan fingerprint density at radius 1 is 1.06 bits per heavy atom. The Hall–Kier alpha value is -1.23. The van der Waals surface area contributed by atoms with Crippen molar-refractivity contribution in [2.45, 2.75) is 43.9 Å². The van der Waals surface area contributed by atoms with Gasteiger partial charge in [0.2, 0.25) is 0 Å². The molecule has 0 saturated heterocycles. The van der Waals surface area contributed by atoms with Crippen LogP contribution in [0.1, 0.15) is 31.2 Å². The molecule has 2 rings (SSSR count). The van der Waals surface area contributed by atoms with Crippen molar-refractivity contribution in [3.05, 3.63) is 29.8 Å². The molecule has 0 aliphatic heterocycles. The van der Waals surface area contributed by atoms with Crippen molar-refractivity contribution in [1.29, 1.82) is 0 Å². The maximum Gasteiger partial charge on any atom is 0.418 e. The van der Waals surface area contributed by atoms with Crippen LogP contribution in [0.5, 0.6) is 0 Å². The van der Waals surface area contributed by atoms with E-state index in [1.165, 1.54) is 12.1 Å². The molecule has 0 heterocycles. The minimum atomic E-state index is -4.31. The van der Waals surface area contributed by atoms with Crippen molar-refractivity contribution in [2.75, 3.05) is 5.32 Å². The summed E-state index contributed by atoms with van der Waals surface area (Å²) in [4.78, 5) is 0. The first-order chi connectivity index (χ1) is 8.47. The van der Waals surface area contributed by atoms with Gasteiger partial charge in [0.15, 0.2) is 0 Å². The highest BCUT2D eigenvalue weighted by Gasteiger charge is 2.33. The van der Waals surface area contributed by atoms with E-state index in [2.05, 4.69) is 5.32 Å². The van der Waals surface area contributed by atoms with Gasteiger partial charge in [0.1, 0.15) is 0 Å². The number of nitrogens with one attached hydrogen (secondary N) is 1. The van der Waals surface area contributed by atoms with Crippen LogP contribution in [-0.2, 0) is 6.18 Å². The lowest BCUT2D eigenvalue weighted by molar-refractivity contribution is -0.137. The molecular weight excluding hydrogens is 241 g/mol. The Morgan fingerprint density at radius 3 is 2.28 bits per heavy atom. The number of halogens is 3. The Morgan fingerprint density at radius 2 is 1.67 bits per heavy atom. The molecule has 0 bridgehead atoms. The first-order valence-electron chi connectivity index (χ1n) is 6.15. The zero-order valence-corrected chi connectivity index (χ0v) is 10.0. The molecule has 0 spiro atoms. The van der Waals surface area contributed by atoms with Gasteiger partial charge in [0.05, 0.1) is 5.56 Å². The van der Waals surface area contributed by atoms with Crippen molar-refractivity contribution in [3.63, 3.8) is 0 Å². The third-order valence-electron chi connectivity index (χ3n) is 3.36. The van der Waals surface area contributed by atoms with Gasteiger partial charge in [-0.3, -0.25) is 0 Å². The van der Waals surface area contributed by atoms with E-state index in [4.69, 9.17) is 5.73 Å². The van der Waals surface area contributed by atoms with Crippen molar-refractivity contribution >= 4 is 5.69 Å². The molecule has 0 radical (unpaired) electrons. The molecule has 5 heteroatoms. The Labute approximate surface area is 104 Å². The lowest BCUT2D eigenvalue weighted by Crippen LogP contribution is -2.33. The topological polar surface area (TPSA) is 38.0 Å². The smallest absolute Gasteiger partial charge is 0.382 e. The fourth-order valence-electron chi connectivity index (χ4n) is 2.34. The molecule has 1 aromatic rings. The summed E-state index contributed by atoms with van der Waals surface area (Å²) in [5, 5.41) is 3.00. The summed E-state index contributed by atoms with van der Waals surface area (Å²) in [5.41, 5.74) is 5.36. The van der Waals surface area contributed by atoms with E-state index in [1.807, 2.05) is 0 Å². The van der Waals surface area contributed by atoms with Crippen molar-refractivity contribution in [2.24, 2.45) is 5.73 Å². The maximum absolute atomic E-state index is 12.8. The zero-order valence-electron chi connectivity index (χ0n) is 10.0. The molecular formula is C13H17F3N2. The largest absolute Gasteiger partial charge is 0.418 e. The zero-order chi connectivity index (χ0) is 13.2. The van der Waals surface area contributed by atoms with Gasteiger partial charge in [0.25, 0.3) is 0 Å². The average Bonchev–Trinajstić information content (AvgIpc) is 2.31. The molecule has 1 aromatic carbocycles. The molecule has 2 nitrogen and oxygen atoms in total.